The van der Waals surface area contributed by atoms with Crippen molar-refractivity contribution in [3.05, 3.63) is 126 Å². The Balaban J connectivity index is 1.48. The topological polar surface area (TPSA) is 46.2 Å². The predicted molar refractivity (Wildman–Crippen MR) is 188 cm³/mol. The van der Waals surface area contributed by atoms with Gasteiger partial charge < -0.3 is 23.4 Å². The number of rotatable bonds is 13. The van der Waals surface area contributed by atoms with E-state index in [0.717, 1.165) is 17.7 Å². The van der Waals surface area contributed by atoms with E-state index in [0.29, 0.717) is 19.8 Å². The summed E-state index contributed by atoms with van der Waals surface area (Å²) in [4.78, 5) is 0. The van der Waals surface area contributed by atoms with Gasteiger partial charge in [-0.1, -0.05) is 138 Å². The summed E-state index contributed by atoms with van der Waals surface area (Å²) in [5.41, 5.74) is 2.16. The molecule has 1 fully saturated rings. The third kappa shape index (κ3) is 7.99. The molecule has 1 heterocycles. The molecule has 6 heteroatoms. The normalized spacial score (nSPS) is 20.2. The first kappa shape index (κ1) is 34.1. The van der Waals surface area contributed by atoms with Crippen LogP contribution in [0.3, 0.4) is 0 Å². The second-order valence-corrected chi connectivity index (χ2v) is 17.9. The van der Waals surface area contributed by atoms with Crippen molar-refractivity contribution in [2.45, 2.75) is 71.2 Å². The van der Waals surface area contributed by atoms with Gasteiger partial charge >= 0.3 is 0 Å². The molecule has 4 aromatic carbocycles. The number of hydrogen-bond donors (Lipinski definition) is 0. The van der Waals surface area contributed by atoms with Crippen LogP contribution >= 0.6 is 0 Å². The fourth-order valence-electron chi connectivity index (χ4n) is 6.49. The molecule has 0 bridgehead atoms. The van der Waals surface area contributed by atoms with Gasteiger partial charge in [-0.05, 0) is 39.5 Å². The number of hydrogen-bond acceptors (Lipinski definition) is 5. The van der Waals surface area contributed by atoms with Crippen molar-refractivity contribution in [2.24, 2.45) is 11.8 Å². The quantitative estimate of drug-likeness (QED) is 0.139. The molecular formula is C40H50O5Si. The van der Waals surface area contributed by atoms with E-state index in [2.05, 4.69) is 120 Å². The lowest BCUT2D eigenvalue weighted by Crippen LogP contribution is -2.68. The molecule has 244 valence electrons. The van der Waals surface area contributed by atoms with Crippen LogP contribution in [-0.4, -0.2) is 40.8 Å². The molecular weight excluding hydrogens is 589 g/mol. The summed E-state index contributed by atoms with van der Waals surface area (Å²) in [6.45, 7) is 13.2. The van der Waals surface area contributed by atoms with Crippen molar-refractivity contribution in [1.82, 2.24) is 0 Å². The Morgan fingerprint density at radius 1 is 0.804 bits per heavy atom. The Kier molecular flexibility index (Phi) is 11.5. The maximum atomic E-state index is 7.78. The Morgan fingerprint density at radius 2 is 1.37 bits per heavy atom. The number of methoxy groups -OCH3 is 1. The lowest BCUT2D eigenvalue weighted by atomic mass is 9.93. The molecule has 5 nitrogen and oxygen atoms in total. The van der Waals surface area contributed by atoms with Crippen LogP contribution in [-0.2, 0) is 25.2 Å². The maximum absolute atomic E-state index is 7.78. The highest BCUT2D eigenvalue weighted by Crippen LogP contribution is 2.40. The molecule has 0 amide bonds. The summed E-state index contributed by atoms with van der Waals surface area (Å²) in [6, 6.07) is 40.1. The van der Waals surface area contributed by atoms with Crippen molar-refractivity contribution in [2.75, 3.05) is 20.3 Å². The second kappa shape index (κ2) is 15.6. The van der Waals surface area contributed by atoms with Gasteiger partial charge in [0, 0.05) is 17.4 Å². The standard InChI is InChI=1S/C40H50O5Si/c1-30(27-42-29-32-16-10-7-11-17-32)38(26-37-31(2)28-43-39(44-37)33-22-24-34(41-6)25-23-33)45-46(40(3,4)5,35-18-12-8-13-19-35)36-20-14-9-15-21-36/h7-25,30-31,37-39H,26-29H2,1-6H3/t30-,31+,37+,38+,39?/m1/s1. The first-order valence-corrected chi connectivity index (χ1v) is 18.4. The number of benzene rings is 4. The Hall–Kier alpha value is -3.26. The average molecular weight is 639 g/mol. The van der Waals surface area contributed by atoms with Gasteiger partial charge in [0.25, 0.3) is 8.32 Å². The minimum absolute atomic E-state index is 0.0550. The van der Waals surface area contributed by atoms with Crippen molar-refractivity contribution in [3.63, 3.8) is 0 Å². The SMILES string of the molecule is COc1ccc(C2OC[C@H](C)[C@H](C[C@H](O[Si](c3ccccc3)(c3ccccc3)C(C)(C)C)[C@H](C)COCc3ccccc3)O2)cc1. The van der Waals surface area contributed by atoms with Crippen LogP contribution in [0.25, 0.3) is 0 Å². The van der Waals surface area contributed by atoms with Crippen LogP contribution in [0.1, 0.15) is 58.5 Å². The van der Waals surface area contributed by atoms with E-state index in [4.69, 9.17) is 23.4 Å². The first-order valence-electron chi connectivity index (χ1n) is 16.5. The molecule has 1 unspecified atom stereocenters. The van der Waals surface area contributed by atoms with Crippen LogP contribution in [0.15, 0.2) is 115 Å². The Morgan fingerprint density at radius 3 is 1.91 bits per heavy atom. The number of ether oxygens (including phenoxy) is 4. The monoisotopic (exact) mass is 638 g/mol. The summed E-state index contributed by atoms with van der Waals surface area (Å²) >= 11 is 0. The molecule has 0 radical (unpaired) electrons. The zero-order valence-corrected chi connectivity index (χ0v) is 29.2. The minimum atomic E-state index is -2.83. The van der Waals surface area contributed by atoms with E-state index < -0.39 is 14.6 Å². The second-order valence-electron chi connectivity index (χ2n) is 13.6. The van der Waals surface area contributed by atoms with E-state index in [1.165, 1.54) is 15.9 Å². The van der Waals surface area contributed by atoms with Crippen LogP contribution in [0.4, 0.5) is 0 Å². The van der Waals surface area contributed by atoms with Gasteiger partial charge in [0.15, 0.2) is 6.29 Å². The lowest BCUT2D eigenvalue weighted by Gasteiger charge is -2.47. The summed E-state index contributed by atoms with van der Waals surface area (Å²) in [7, 11) is -1.15. The highest BCUT2D eigenvalue weighted by atomic mass is 28.4. The summed E-state index contributed by atoms with van der Waals surface area (Å²) in [6.07, 6.45) is 0.118. The largest absolute Gasteiger partial charge is 0.497 e. The molecule has 4 aromatic rings. The molecule has 5 atom stereocenters. The van der Waals surface area contributed by atoms with Gasteiger partial charge in [-0.15, -0.1) is 0 Å². The maximum Gasteiger partial charge on any atom is 0.261 e. The molecule has 0 aromatic heterocycles. The van der Waals surface area contributed by atoms with E-state index in [1.807, 2.05) is 30.3 Å². The molecule has 0 N–H and O–H groups in total. The van der Waals surface area contributed by atoms with Gasteiger partial charge in [0.1, 0.15) is 5.75 Å². The van der Waals surface area contributed by atoms with Crippen LogP contribution in [0.5, 0.6) is 5.75 Å². The minimum Gasteiger partial charge on any atom is -0.497 e. The highest BCUT2D eigenvalue weighted by Gasteiger charge is 2.52. The molecule has 0 saturated carbocycles. The fraction of sp³-hybridized carbons (Fsp3) is 0.400. The van der Waals surface area contributed by atoms with Gasteiger partial charge in [-0.3, -0.25) is 0 Å². The van der Waals surface area contributed by atoms with Crippen molar-refractivity contribution >= 4 is 18.7 Å². The van der Waals surface area contributed by atoms with Gasteiger partial charge in [0.2, 0.25) is 0 Å². The van der Waals surface area contributed by atoms with Gasteiger partial charge in [-0.2, -0.15) is 0 Å². The zero-order chi connectivity index (χ0) is 32.6. The molecule has 1 saturated heterocycles. The lowest BCUT2D eigenvalue weighted by molar-refractivity contribution is -0.244. The van der Waals surface area contributed by atoms with Crippen LogP contribution in [0, 0.1) is 11.8 Å². The summed E-state index contributed by atoms with van der Waals surface area (Å²) < 4.78 is 32.5. The molecule has 1 aliphatic rings. The van der Waals surface area contributed by atoms with E-state index in [9.17, 15) is 0 Å². The van der Waals surface area contributed by atoms with Crippen molar-refractivity contribution < 1.29 is 23.4 Å². The molecule has 1 aliphatic heterocycles. The molecule has 0 spiro atoms. The van der Waals surface area contributed by atoms with Crippen LogP contribution in [0.2, 0.25) is 5.04 Å². The molecule has 46 heavy (non-hydrogen) atoms. The Bertz CT molecular complexity index is 1420. The zero-order valence-electron chi connectivity index (χ0n) is 28.2. The predicted octanol–water partition coefficient (Wildman–Crippen LogP) is 7.93. The van der Waals surface area contributed by atoms with Gasteiger partial charge in [0.05, 0.1) is 39.1 Å². The van der Waals surface area contributed by atoms with E-state index >= 15 is 0 Å². The van der Waals surface area contributed by atoms with Crippen molar-refractivity contribution in [3.8, 4) is 5.75 Å². The average Bonchev–Trinajstić information content (AvgIpc) is 3.08. The third-order valence-corrected chi connectivity index (χ3v) is 14.2. The first-order chi connectivity index (χ1) is 22.2. The van der Waals surface area contributed by atoms with E-state index in [1.54, 1.807) is 7.11 Å². The third-order valence-electron chi connectivity index (χ3n) is 9.17. The summed E-state index contributed by atoms with van der Waals surface area (Å²) in [5, 5.41) is 2.40. The summed E-state index contributed by atoms with van der Waals surface area (Å²) in [5.74, 6) is 1.13. The van der Waals surface area contributed by atoms with E-state index in [-0.39, 0.29) is 29.1 Å². The smallest absolute Gasteiger partial charge is 0.261 e. The Labute approximate surface area is 277 Å². The molecule has 5 rings (SSSR count). The van der Waals surface area contributed by atoms with Crippen LogP contribution < -0.4 is 15.1 Å². The van der Waals surface area contributed by atoms with Crippen molar-refractivity contribution in [1.29, 1.82) is 0 Å². The fourth-order valence-corrected chi connectivity index (χ4v) is 11.3. The highest BCUT2D eigenvalue weighted by molar-refractivity contribution is 6.99. The molecule has 0 aliphatic carbocycles. The van der Waals surface area contributed by atoms with Gasteiger partial charge in [-0.25, -0.2) is 0 Å².